The van der Waals surface area contributed by atoms with Crippen LogP contribution in [0.4, 0.5) is 10.2 Å². The fraction of sp³-hybridized carbons (Fsp3) is 0.483. The summed E-state index contributed by atoms with van der Waals surface area (Å²) in [7, 11) is 2.21. The molecule has 6 heteroatoms. The molecule has 1 spiro atoms. The van der Waals surface area contributed by atoms with Crippen molar-refractivity contribution >= 4 is 16.6 Å². The van der Waals surface area contributed by atoms with Crippen molar-refractivity contribution in [1.29, 1.82) is 5.26 Å². The lowest BCUT2D eigenvalue weighted by Gasteiger charge is -2.54. The summed E-state index contributed by atoms with van der Waals surface area (Å²) in [5.41, 5.74) is 4.72. The first-order valence-electron chi connectivity index (χ1n) is 12.6. The second-order valence-electron chi connectivity index (χ2n) is 10.1. The molecule has 0 atom stereocenters. The molecule has 3 aromatic rings. The third-order valence-electron chi connectivity index (χ3n) is 6.88. The van der Waals surface area contributed by atoms with E-state index in [1.54, 1.807) is 19.1 Å². The Kier molecular flexibility index (Phi) is 8.80. The highest BCUT2D eigenvalue weighted by Crippen LogP contribution is 2.47. The molecular weight excluding hydrogens is 437 g/mol. The number of nitrogens with zero attached hydrogens (tertiary/aromatic N) is 4. The zero-order valence-electron chi connectivity index (χ0n) is 22.0. The van der Waals surface area contributed by atoms with Crippen LogP contribution in [0.2, 0.25) is 0 Å². The zero-order valence-corrected chi connectivity index (χ0v) is 22.0. The number of nitriles is 1. The minimum atomic E-state index is -0.248. The van der Waals surface area contributed by atoms with Gasteiger partial charge in [0.2, 0.25) is 0 Å². The molecule has 1 aliphatic carbocycles. The predicted octanol–water partition coefficient (Wildman–Crippen LogP) is 6.70. The summed E-state index contributed by atoms with van der Waals surface area (Å²) < 4.78 is 13.8. The van der Waals surface area contributed by atoms with Gasteiger partial charge in [-0.1, -0.05) is 38.8 Å². The molecule has 0 radical (unpaired) electrons. The van der Waals surface area contributed by atoms with E-state index in [4.69, 9.17) is 5.26 Å². The molecule has 0 amide bonds. The Labute approximate surface area is 209 Å². The van der Waals surface area contributed by atoms with Gasteiger partial charge in [0.15, 0.2) is 5.82 Å². The van der Waals surface area contributed by atoms with E-state index < -0.39 is 0 Å². The van der Waals surface area contributed by atoms with Crippen LogP contribution in [0.1, 0.15) is 67.5 Å². The Morgan fingerprint density at radius 3 is 2.31 bits per heavy atom. The molecule has 186 valence electrons. The molecule has 2 aromatic carbocycles. The second-order valence-corrected chi connectivity index (χ2v) is 10.1. The third-order valence-corrected chi connectivity index (χ3v) is 6.88. The number of aromatic nitrogens is 2. The number of nitrogens with one attached hydrogen (secondary N) is 1. The number of aryl methyl sites for hydroxylation is 2. The van der Waals surface area contributed by atoms with Crippen molar-refractivity contribution in [2.24, 2.45) is 5.41 Å². The number of fused-ring (bicyclic) bond motifs is 1. The van der Waals surface area contributed by atoms with Crippen LogP contribution < -0.4 is 5.32 Å². The van der Waals surface area contributed by atoms with E-state index in [2.05, 4.69) is 47.4 Å². The highest BCUT2D eigenvalue weighted by Gasteiger charge is 2.45. The van der Waals surface area contributed by atoms with Gasteiger partial charge in [-0.2, -0.15) is 10.4 Å². The van der Waals surface area contributed by atoms with Crippen LogP contribution in [-0.2, 0) is 6.54 Å². The minimum Gasteiger partial charge on any atom is -0.364 e. The highest BCUT2D eigenvalue weighted by atomic mass is 19.1. The molecule has 1 aliphatic heterocycles. The van der Waals surface area contributed by atoms with Crippen molar-refractivity contribution in [3.63, 3.8) is 0 Å². The lowest BCUT2D eigenvalue weighted by molar-refractivity contribution is -0.0436. The van der Waals surface area contributed by atoms with Crippen molar-refractivity contribution in [1.82, 2.24) is 15.1 Å². The number of rotatable bonds is 3. The van der Waals surface area contributed by atoms with E-state index in [-0.39, 0.29) is 5.82 Å². The van der Waals surface area contributed by atoms with E-state index >= 15 is 0 Å². The van der Waals surface area contributed by atoms with E-state index in [1.807, 2.05) is 26.0 Å². The van der Waals surface area contributed by atoms with Gasteiger partial charge >= 0.3 is 0 Å². The zero-order chi connectivity index (χ0) is 25.6. The number of hydrogen-bond donors (Lipinski definition) is 1. The maximum absolute atomic E-state index is 13.8. The van der Waals surface area contributed by atoms with Crippen LogP contribution in [-0.4, -0.2) is 35.2 Å². The monoisotopic (exact) mass is 475 g/mol. The van der Waals surface area contributed by atoms with Crippen molar-refractivity contribution < 1.29 is 4.39 Å². The van der Waals surface area contributed by atoms with Crippen molar-refractivity contribution in [3.8, 4) is 6.07 Å². The topological polar surface area (TPSA) is 64.8 Å². The summed E-state index contributed by atoms with van der Waals surface area (Å²) in [6, 6.07) is 11.1. The summed E-state index contributed by atoms with van der Waals surface area (Å²) in [5, 5.41) is 22.3. The van der Waals surface area contributed by atoms with Gasteiger partial charge in [0.05, 0.1) is 17.3 Å². The molecular formula is C29H38FN5. The van der Waals surface area contributed by atoms with E-state index in [1.165, 1.54) is 44.8 Å². The molecule has 35 heavy (non-hydrogen) atoms. The van der Waals surface area contributed by atoms with Gasteiger partial charge in [0, 0.05) is 30.4 Å². The fourth-order valence-corrected chi connectivity index (χ4v) is 4.81. The first-order valence-corrected chi connectivity index (χ1v) is 12.6. The number of likely N-dealkylation sites (tertiary alicyclic amines) is 1. The molecule has 0 unspecified atom stereocenters. The molecule has 0 bridgehead atoms. The molecule has 2 fully saturated rings. The number of hydrogen-bond acceptors (Lipinski definition) is 5. The van der Waals surface area contributed by atoms with E-state index in [0.29, 0.717) is 29.2 Å². The van der Waals surface area contributed by atoms with Crippen LogP contribution in [0.25, 0.3) is 10.8 Å². The predicted molar refractivity (Wildman–Crippen MR) is 142 cm³/mol. The molecule has 1 saturated carbocycles. The lowest BCUT2D eigenvalue weighted by Crippen LogP contribution is -2.57. The van der Waals surface area contributed by atoms with Gasteiger partial charge in [-0.05, 0) is 81.0 Å². The van der Waals surface area contributed by atoms with Crippen molar-refractivity contribution in [2.45, 2.75) is 66.8 Å². The first kappa shape index (κ1) is 26.6. The average Bonchev–Trinajstić information content (AvgIpc) is 2.78. The highest BCUT2D eigenvalue weighted by molar-refractivity contribution is 5.93. The van der Waals surface area contributed by atoms with Gasteiger partial charge in [-0.25, -0.2) is 4.39 Å². The maximum Gasteiger partial charge on any atom is 0.156 e. The molecule has 2 heterocycles. The molecule has 5 rings (SSSR count). The Balaban J connectivity index is 0.000000255. The molecule has 2 aliphatic rings. The smallest absolute Gasteiger partial charge is 0.156 e. The Morgan fingerprint density at radius 2 is 1.77 bits per heavy atom. The van der Waals surface area contributed by atoms with E-state index in [9.17, 15) is 4.39 Å². The van der Waals surface area contributed by atoms with Crippen molar-refractivity contribution in [2.75, 3.05) is 25.5 Å². The Bertz CT molecular complexity index is 1200. The third kappa shape index (κ3) is 6.15. The van der Waals surface area contributed by atoms with Gasteiger partial charge in [0.1, 0.15) is 5.82 Å². The number of benzene rings is 2. The van der Waals surface area contributed by atoms with Crippen LogP contribution in [0.15, 0.2) is 30.3 Å². The van der Waals surface area contributed by atoms with Crippen LogP contribution in [0.3, 0.4) is 0 Å². The molecule has 1 N–H and O–H groups in total. The second kappa shape index (κ2) is 11.6. The Morgan fingerprint density at radius 1 is 1.09 bits per heavy atom. The van der Waals surface area contributed by atoms with Gasteiger partial charge in [0.25, 0.3) is 0 Å². The minimum absolute atomic E-state index is 0.248. The summed E-state index contributed by atoms with van der Waals surface area (Å²) in [5.74, 6) is 0.363. The molecule has 5 nitrogen and oxygen atoms in total. The van der Waals surface area contributed by atoms with Crippen LogP contribution in [0.5, 0.6) is 0 Å². The number of halogens is 1. The summed E-state index contributed by atoms with van der Waals surface area (Å²) >= 11 is 0. The summed E-state index contributed by atoms with van der Waals surface area (Å²) in [4.78, 5) is 2.42. The van der Waals surface area contributed by atoms with E-state index in [0.717, 1.165) is 27.3 Å². The average molecular weight is 476 g/mol. The standard InChI is InChI=1S/C19H17FN4.C7H13N.C3H8/c1-11-7-17-16(8-18(11)20)13(3)23-24-19(17)22-10-15-6-4-5-14(9-21)12(15)2;1-8-5-7(6-8)3-2-4-7;1-3-2/h4-8H,10H2,1-3H3,(H,22,24);2-6H2,1H3;3H2,1-2H3. The summed E-state index contributed by atoms with van der Waals surface area (Å²) in [6.45, 7) is 13.0. The number of anilines is 1. The SMILES string of the molecule is CCC.CN1CC2(CCC2)C1.Cc1cc2c(NCc3cccc(C#N)c3C)nnc(C)c2cc1F. The van der Waals surface area contributed by atoms with Crippen molar-refractivity contribution in [3.05, 3.63) is 64.1 Å². The first-order chi connectivity index (χ1) is 16.7. The van der Waals surface area contributed by atoms with Gasteiger partial charge in [-0.15, -0.1) is 5.10 Å². The largest absolute Gasteiger partial charge is 0.364 e. The van der Waals surface area contributed by atoms with Gasteiger partial charge in [-0.3, -0.25) is 0 Å². The molecule has 1 aromatic heterocycles. The van der Waals surface area contributed by atoms with Crippen LogP contribution >= 0.6 is 0 Å². The molecule has 1 saturated heterocycles. The maximum atomic E-state index is 13.8. The Hall–Kier alpha value is -3.04. The normalized spacial score (nSPS) is 15.6. The lowest BCUT2D eigenvalue weighted by atomic mass is 9.64. The quantitative estimate of drug-likeness (QED) is 0.457. The summed E-state index contributed by atoms with van der Waals surface area (Å²) in [6.07, 6.45) is 5.77. The fourth-order valence-electron chi connectivity index (χ4n) is 4.81. The van der Waals surface area contributed by atoms with Crippen LogP contribution in [0, 0.1) is 43.3 Å². The van der Waals surface area contributed by atoms with Gasteiger partial charge < -0.3 is 10.2 Å².